The molecule has 17 heavy (non-hydrogen) atoms. The van der Waals surface area contributed by atoms with Crippen LogP contribution in [-0.4, -0.2) is 14.8 Å². The van der Waals surface area contributed by atoms with Gasteiger partial charge in [0.05, 0.1) is 5.69 Å². The maximum atomic E-state index is 6.21. The lowest BCUT2D eigenvalue weighted by molar-refractivity contribution is 0.757. The summed E-state index contributed by atoms with van der Waals surface area (Å²) >= 11 is 6.21. The zero-order chi connectivity index (χ0) is 12.6. The fraction of sp³-hybridized carbons (Fsp3) is 0.333. The highest BCUT2D eigenvalue weighted by Gasteiger charge is 2.14. The van der Waals surface area contributed by atoms with Crippen molar-refractivity contribution in [3.63, 3.8) is 0 Å². The molecule has 2 aromatic rings. The van der Waals surface area contributed by atoms with Gasteiger partial charge >= 0.3 is 0 Å². The molecule has 0 amide bonds. The highest BCUT2D eigenvalue weighted by Crippen LogP contribution is 2.25. The summed E-state index contributed by atoms with van der Waals surface area (Å²) in [5, 5.41) is 4.95. The van der Waals surface area contributed by atoms with Gasteiger partial charge in [0, 0.05) is 30.8 Å². The molecule has 0 spiro atoms. The van der Waals surface area contributed by atoms with Crippen molar-refractivity contribution in [1.82, 2.24) is 14.8 Å². The fourth-order valence-corrected chi connectivity index (χ4v) is 2.13. The average molecular weight is 251 g/mol. The van der Waals surface area contributed by atoms with Crippen LogP contribution in [0.15, 0.2) is 12.3 Å². The monoisotopic (exact) mass is 250 g/mol. The summed E-state index contributed by atoms with van der Waals surface area (Å²) < 4.78 is 1.67. The van der Waals surface area contributed by atoms with Gasteiger partial charge in [-0.15, -0.1) is 0 Å². The number of halogens is 1. The summed E-state index contributed by atoms with van der Waals surface area (Å²) in [6, 6.07) is 1.95. The lowest BCUT2D eigenvalue weighted by Crippen LogP contribution is -2.02. The molecular formula is C12H15ClN4. The van der Waals surface area contributed by atoms with Crippen molar-refractivity contribution in [3.05, 3.63) is 39.8 Å². The Hall–Kier alpha value is -1.55. The smallest absolute Gasteiger partial charge is 0.130 e. The zero-order valence-electron chi connectivity index (χ0n) is 10.2. The molecule has 0 aliphatic rings. The average Bonchev–Trinajstić information content (AvgIpc) is 2.49. The predicted octanol–water partition coefficient (Wildman–Crippen LogP) is 2.26. The molecule has 2 heterocycles. The highest BCUT2D eigenvalue weighted by atomic mass is 35.5. The van der Waals surface area contributed by atoms with E-state index in [1.54, 1.807) is 10.9 Å². The van der Waals surface area contributed by atoms with Crippen LogP contribution in [0, 0.1) is 13.8 Å². The molecule has 2 aromatic heterocycles. The second kappa shape index (κ2) is 4.37. The van der Waals surface area contributed by atoms with Gasteiger partial charge in [-0.1, -0.05) is 11.6 Å². The summed E-state index contributed by atoms with van der Waals surface area (Å²) in [5.74, 6) is 0.560. The van der Waals surface area contributed by atoms with E-state index in [0.717, 1.165) is 22.4 Å². The van der Waals surface area contributed by atoms with Crippen LogP contribution in [0.25, 0.3) is 0 Å². The first-order valence-corrected chi connectivity index (χ1v) is 5.76. The second-order valence-corrected chi connectivity index (χ2v) is 4.50. The quantitative estimate of drug-likeness (QED) is 0.890. The van der Waals surface area contributed by atoms with E-state index in [1.807, 2.05) is 27.0 Å². The highest BCUT2D eigenvalue weighted by molar-refractivity contribution is 6.30. The minimum atomic E-state index is 0.560. The van der Waals surface area contributed by atoms with Gasteiger partial charge in [0.25, 0.3) is 0 Å². The number of pyridine rings is 1. The molecule has 4 nitrogen and oxygen atoms in total. The molecule has 0 bridgehead atoms. The lowest BCUT2D eigenvalue weighted by atomic mass is 10.0. The van der Waals surface area contributed by atoms with Crippen molar-refractivity contribution >= 4 is 17.4 Å². The summed E-state index contributed by atoms with van der Waals surface area (Å²) in [5.41, 5.74) is 9.98. The van der Waals surface area contributed by atoms with E-state index in [4.69, 9.17) is 17.3 Å². The summed E-state index contributed by atoms with van der Waals surface area (Å²) in [6.07, 6.45) is 2.38. The van der Waals surface area contributed by atoms with Gasteiger partial charge in [0.15, 0.2) is 0 Å². The number of hydrogen-bond acceptors (Lipinski definition) is 3. The van der Waals surface area contributed by atoms with Crippen molar-refractivity contribution in [2.75, 3.05) is 5.73 Å². The molecule has 0 saturated carbocycles. The minimum Gasteiger partial charge on any atom is -0.383 e. The normalized spacial score (nSPS) is 10.8. The van der Waals surface area contributed by atoms with Crippen molar-refractivity contribution in [2.24, 2.45) is 7.05 Å². The molecule has 90 valence electrons. The Bertz CT molecular complexity index is 540. The van der Waals surface area contributed by atoms with Crippen LogP contribution in [0.4, 0.5) is 5.82 Å². The summed E-state index contributed by atoms with van der Waals surface area (Å²) in [7, 11) is 1.83. The van der Waals surface area contributed by atoms with E-state index >= 15 is 0 Å². The Balaban J connectivity index is 2.45. The standard InChI is InChI=1S/C12H15ClN4/c1-7-4-5-15-12(14)9(7)6-10-8(2)16-17(3)11(10)13/h4-5H,6H2,1-3H3,(H2,14,15). The van der Waals surface area contributed by atoms with Gasteiger partial charge in [-0.3, -0.25) is 4.68 Å². The van der Waals surface area contributed by atoms with E-state index in [1.165, 1.54) is 0 Å². The number of anilines is 1. The molecular weight excluding hydrogens is 236 g/mol. The van der Waals surface area contributed by atoms with Gasteiger partial charge in [-0.25, -0.2) is 4.98 Å². The minimum absolute atomic E-state index is 0.560. The first kappa shape index (κ1) is 11.9. The van der Waals surface area contributed by atoms with Crippen LogP contribution >= 0.6 is 11.6 Å². The maximum absolute atomic E-state index is 6.21. The Labute approximate surface area is 105 Å². The first-order chi connectivity index (χ1) is 8.00. The number of aromatic nitrogens is 3. The molecule has 5 heteroatoms. The Kier molecular flexibility index (Phi) is 3.07. The maximum Gasteiger partial charge on any atom is 0.130 e. The van der Waals surface area contributed by atoms with Crippen molar-refractivity contribution in [3.8, 4) is 0 Å². The number of nitrogens with zero attached hydrogens (tertiary/aromatic N) is 3. The number of rotatable bonds is 2. The van der Waals surface area contributed by atoms with E-state index in [9.17, 15) is 0 Å². The molecule has 2 N–H and O–H groups in total. The Morgan fingerprint density at radius 1 is 1.35 bits per heavy atom. The molecule has 0 atom stereocenters. The molecule has 0 aliphatic heterocycles. The van der Waals surface area contributed by atoms with Crippen LogP contribution in [-0.2, 0) is 13.5 Å². The predicted molar refractivity (Wildman–Crippen MR) is 69.1 cm³/mol. The largest absolute Gasteiger partial charge is 0.383 e. The molecule has 0 radical (unpaired) electrons. The van der Waals surface area contributed by atoms with Crippen molar-refractivity contribution < 1.29 is 0 Å². The van der Waals surface area contributed by atoms with Gasteiger partial charge in [-0.05, 0) is 25.5 Å². The van der Waals surface area contributed by atoms with Crippen molar-refractivity contribution in [1.29, 1.82) is 0 Å². The van der Waals surface area contributed by atoms with Crippen LogP contribution in [0.1, 0.15) is 22.4 Å². The SMILES string of the molecule is Cc1ccnc(N)c1Cc1c(C)nn(C)c1Cl. The van der Waals surface area contributed by atoms with E-state index in [2.05, 4.69) is 10.1 Å². The third-order valence-electron chi connectivity index (χ3n) is 2.95. The lowest BCUT2D eigenvalue weighted by Gasteiger charge is -2.08. The molecule has 2 rings (SSSR count). The topological polar surface area (TPSA) is 56.7 Å². The number of hydrogen-bond donors (Lipinski definition) is 1. The molecule has 0 aromatic carbocycles. The summed E-state index contributed by atoms with van der Waals surface area (Å²) in [4.78, 5) is 4.11. The fourth-order valence-electron chi connectivity index (χ4n) is 1.89. The van der Waals surface area contributed by atoms with E-state index < -0.39 is 0 Å². The number of aryl methyl sites for hydroxylation is 3. The Morgan fingerprint density at radius 2 is 2.06 bits per heavy atom. The molecule has 0 fully saturated rings. The second-order valence-electron chi connectivity index (χ2n) is 4.15. The molecule has 0 unspecified atom stereocenters. The van der Waals surface area contributed by atoms with Gasteiger partial charge in [-0.2, -0.15) is 5.10 Å². The first-order valence-electron chi connectivity index (χ1n) is 5.38. The third-order valence-corrected chi connectivity index (χ3v) is 3.42. The summed E-state index contributed by atoms with van der Waals surface area (Å²) in [6.45, 7) is 3.97. The van der Waals surface area contributed by atoms with Gasteiger partial charge in [0.1, 0.15) is 11.0 Å². The van der Waals surface area contributed by atoms with Crippen LogP contribution < -0.4 is 5.73 Å². The Morgan fingerprint density at radius 3 is 2.59 bits per heavy atom. The molecule has 0 saturated heterocycles. The van der Waals surface area contributed by atoms with Crippen molar-refractivity contribution in [2.45, 2.75) is 20.3 Å². The van der Waals surface area contributed by atoms with Crippen LogP contribution in [0.5, 0.6) is 0 Å². The number of nitrogen functional groups attached to an aromatic ring is 1. The van der Waals surface area contributed by atoms with Gasteiger partial charge < -0.3 is 5.73 Å². The van der Waals surface area contributed by atoms with E-state index in [-0.39, 0.29) is 0 Å². The third kappa shape index (κ3) is 2.13. The van der Waals surface area contributed by atoms with Crippen LogP contribution in [0.2, 0.25) is 5.15 Å². The van der Waals surface area contributed by atoms with E-state index in [0.29, 0.717) is 17.4 Å². The zero-order valence-corrected chi connectivity index (χ0v) is 10.9. The number of nitrogens with two attached hydrogens (primary N) is 1. The molecule has 0 aliphatic carbocycles. The van der Waals surface area contributed by atoms with Gasteiger partial charge in [0.2, 0.25) is 0 Å². The van der Waals surface area contributed by atoms with Crippen LogP contribution in [0.3, 0.4) is 0 Å².